The number of Topliss-reactive ketones (excluding diaryl/α,β-unsaturated/α-hetero) is 1. The summed E-state index contributed by atoms with van der Waals surface area (Å²) in [4.78, 5) is 14.0. The lowest BCUT2D eigenvalue weighted by atomic mass is 9.90. The van der Waals surface area contributed by atoms with Crippen molar-refractivity contribution in [3.63, 3.8) is 0 Å². The number of rotatable bonds is 1. The first-order chi connectivity index (χ1) is 6.11. The van der Waals surface area contributed by atoms with Gasteiger partial charge in [-0.2, -0.15) is 0 Å². The molecule has 0 aromatic carbocycles. The minimum absolute atomic E-state index is 0.251. The van der Waals surface area contributed by atoms with E-state index in [1.54, 1.807) is 0 Å². The zero-order valence-corrected chi connectivity index (χ0v) is 8.79. The number of hydrogen-bond acceptors (Lipinski definition) is 2. The average molecular weight is 181 g/mol. The van der Waals surface area contributed by atoms with Crippen LogP contribution < -0.4 is 0 Å². The van der Waals surface area contributed by atoms with Crippen LogP contribution in [-0.4, -0.2) is 29.3 Å². The van der Waals surface area contributed by atoms with Crippen LogP contribution in [0.25, 0.3) is 0 Å². The van der Waals surface area contributed by atoms with E-state index in [0.717, 1.165) is 24.9 Å². The number of hydrogen-bond donors (Lipinski definition) is 0. The highest BCUT2D eigenvalue weighted by molar-refractivity contribution is 5.82. The maximum Gasteiger partial charge on any atom is 0.138 e. The Morgan fingerprint density at radius 1 is 1.31 bits per heavy atom. The van der Waals surface area contributed by atoms with Gasteiger partial charge in [-0.05, 0) is 19.3 Å². The number of nitrogens with zero attached hydrogens (tertiary/aromatic N) is 1. The number of ketones is 1. The lowest BCUT2D eigenvalue weighted by molar-refractivity contribution is -0.128. The highest BCUT2D eigenvalue weighted by Gasteiger charge is 2.43. The summed E-state index contributed by atoms with van der Waals surface area (Å²) in [6.45, 7) is 7.58. The van der Waals surface area contributed by atoms with Crippen molar-refractivity contribution in [3.05, 3.63) is 0 Å². The Labute approximate surface area is 80.3 Å². The second-order valence-electron chi connectivity index (χ2n) is 4.76. The lowest BCUT2D eigenvalue weighted by Crippen LogP contribution is -2.48. The van der Waals surface area contributed by atoms with Crippen molar-refractivity contribution in [3.8, 4) is 0 Å². The van der Waals surface area contributed by atoms with Crippen molar-refractivity contribution in [2.45, 2.75) is 45.7 Å². The molecule has 0 bridgehead atoms. The number of carbonyl (C=O) groups is 1. The SMILES string of the molecule is CC1CC1N1CCC(=O)C(C)C1C. The highest BCUT2D eigenvalue weighted by atomic mass is 16.1. The third-order valence-corrected chi connectivity index (χ3v) is 3.86. The van der Waals surface area contributed by atoms with Gasteiger partial charge in [0.1, 0.15) is 5.78 Å². The highest BCUT2D eigenvalue weighted by Crippen LogP contribution is 2.38. The topological polar surface area (TPSA) is 20.3 Å². The van der Waals surface area contributed by atoms with Crippen molar-refractivity contribution in [1.82, 2.24) is 4.90 Å². The molecule has 1 saturated heterocycles. The second-order valence-corrected chi connectivity index (χ2v) is 4.76. The summed E-state index contributed by atoms with van der Waals surface area (Å²) in [7, 11) is 0. The summed E-state index contributed by atoms with van der Waals surface area (Å²) < 4.78 is 0. The first-order valence-corrected chi connectivity index (χ1v) is 5.39. The Hall–Kier alpha value is -0.370. The molecule has 4 atom stereocenters. The maximum atomic E-state index is 11.4. The minimum Gasteiger partial charge on any atom is -0.299 e. The molecule has 0 N–H and O–H groups in total. The van der Waals surface area contributed by atoms with Gasteiger partial charge < -0.3 is 0 Å². The van der Waals surface area contributed by atoms with E-state index >= 15 is 0 Å². The zero-order chi connectivity index (χ0) is 9.59. The fraction of sp³-hybridized carbons (Fsp3) is 0.909. The van der Waals surface area contributed by atoms with Crippen LogP contribution in [0.3, 0.4) is 0 Å². The number of carbonyl (C=O) groups excluding carboxylic acids is 1. The van der Waals surface area contributed by atoms with E-state index in [4.69, 9.17) is 0 Å². The molecule has 2 heteroatoms. The van der Waals surface area contributed by atoms with Crippen LogP contribution >= 0.6 is 0 Å². The molecule has 0 amide bonds. The molecule has 0 radical (unpaired) electrons. The maximum absolute atomic E-state index is 11.4. The van der Waals surface area contributed by atoms with Crippen LogP contribution in [-0.2, 0) is 4.79 Å². The Kier molecular flexibility index (Phi) is 2.18. The van der Waals surface area contributed by atoms with Gasteiger partial charge >= 0.3 is 0 Å². The molecule has 2 rings (SSSR count). The molecular weight excluding hydrogens is 162 g/mol. The van der Waals surface area contributed by atoms with E-state index in [-0.39, 0.29) is 5.92 Å². The van der Waals surface area contributed by atoms with Crippen LogP contribution in [0.15, 0.2) is 0 Å². The van der Waals surface area contributed by atoms with Gasteiger partial charge in [0.25, 0.3) is 0 Å². The van der Waals surface area contributed by atoms with E-state index in [9.17, 15) is 4.79 Å². The van der Waals surface area contributed by atoms with Gasteiger partial charge in [0.2, 0.25) is 0 Å². The molecule has 1 aliphatic heterocycles. The monoisotopic (exact) mass is 181 g/mol. The van der Waals surface area contributed by atoms with Crippen molar-refractivity contribution >= 4 is 5.78 Å². The molecule has 4 unspecified atom stereocenters. The van der Waals surface area contributed by atoms with Gasteiger partial charge in [-0.15, -0.1) is 0 Å². The Balaban J connectivity index is 2.02. The minimum atomic E-state index is 0.251. The number of piperidine rings is 1. The smallest absolute Gasteiger partial charge is 0.138 e. The molecule has 0 spiro atoms. The van der Waals surface area contributed by atoms with Crippen LogP contribution in [0, 0.1) is 11.8 Å². The van der Waals surface area contributed by atoms with Gasteiger partial charge in [0, 0.05) is 31.0 Å². The predicted octanol–water partition coefficient (Wildman–Crippen LogP) is 1.69. The molecule has 13 heavy (non-hydrogen) atoms. The van der Waals surface area contributed by atoms with E-state index in [0.29, 0.717) is 11.8 Å². The molecule has 74 valence electrons. The van der Waals surface area contributed by atoms with Crippen molar-refractivity contribution in [2.24, 2.45) is 11.8 Å². The molecule has 1 saturated carbocycles. The molecular formula is C11H19NO. The van der Waals surface area contributed by atoms with E-state index in [1.807, 2.05) is 0 Å². The predicted molar refractivity (Wildman–Crippen MR) is 52.5 cm³/mol. The third kappa shape index (κ3) is 1.52. The Bertz CT molecular complexity index is 226. The van der Waals surface area contributed by atoms with Crippen LogP contribution in [0.1, 0.15) is 33.6 Å². The van der Waals surface area contributed by atoms with Crippen molar-refractivity contribution in [1.29, 1.82) is 0 Å². The summed E-state index contributed by atoms with van der Waals surface area (Å²) in [6.07, 6.45) is 2.11. The van der Waals surface area contributed by atoms with Crippen molar-refractivity contribution < 1.29 is 4.79 Å². The molecule has 0 aromatic heterocycles. The normalized spacial score (nSPS) is 46.5. The molecule has 2 fully saturated rings. The van der Waals surface area contributed by atoms with Crippen LogP contribution in [0.2, 0.25) is 0 Å². The van der Waals surface area contributed by atoms with Gasteiger partial charge in [0.05, 0.1) is 0 Å². The summed E-state index contributed by atoms with van der Waals surface area (Å²) in [6, 6.07) is 1.25. The summed E-state index contributed by atoms with van der Waals surface area (Å²) in [5.41, 5.74) is 0. The fourth-order valence-corrected chi connectivity index (χ4v) is 2.46. The Morgan fingerprint density at radius 2 is 1.92 bits per heavy atom. The lowest BCUT2D eigenvalue weighted by Gasteiger charge is -2.37. The van der Waals surface area contributed by atoms with E-state index < -0.39 is 0 Å². The summed E-state index contributed by atoms with van der Waals surface area (Å²) in [5, 5.41) is 0. The molecule has 2 nitrogen and oxygen atoms in total. The largest absolute Gasteiger partial charge is 0.299 e. The van der Waals surface area contributed by atoms with Gasteiger partial charge in [-0.3, -0.25) is 9.69 Å². The van der Waals surface area contributed by atoms with Gasteiger partial charge in [-0.1, -0.05) is 13.8 Å². The fourth-order valence-electron chi connectivity index (χ4n) is 2.46. The third-order valence-electron chi connectivity index (χ3n) is 3.86. The Morgan fingerprint density at radius 3 is 2.46 bits per heavy atom. The van der Waals surface area contributed by atoms with Crippen LogP contribution in [0.5, 0.6) is 0 Å². The first kappa shape index (κ1) is 9.20. The zero-order valence-electron chi connectivity index (χ0n) is 8.79. The first-order valence-electron chi connectivity index (χ1n) is 5.39. The molecule has 2 aliphatic rings. The number of likely N-dealkylation sites (tertiary alicyclic amines) is 1. The summed E-state index contributed by atoms with van der Waals surface area (Å²) >= 11 is 0. The second kappa shape index (κ2) is 3.09. The summed E-state index contributed by atoms with van der Waals surface area (Å²) in [5.74, 6) is 1.57. The van der Waals surface area contributed by atoms with E-state index in [1.165, 1.54) is 6.42 Å². The van der Waals surface area contributed by atoms with E-state index in [2.05, 4.69) is 25.7 Å². The molecule has 1 aliphatic carbocycles. The van der Waals surface area contributed by atoms with Gasteiger partial charge in [-0.25, -0.2) is 0 Å². The van der Waals surface area contributed by atoms with Gasteiger partial charge in [0.15, 0.2) is 0 Å². The van der Waals surface area contributed by atoms with Crippen LogP contribution in [0.4, 0.5) is 0 Å². The standard InChI is InChI=1S/C11H19NO/c1-7-6-10(7)12-5-4-11(13)8(2)9(12)3/h7-10H,4-6H2,1-3H3. The quantitative estimate of drug-likeness (QED) is 0.613. The molecule has 1 heterocycles. The van der Waals surface area contributed by atoms with Crippen molar-refractivity contribution in [2.75, 3.05) is 6.54 Å². The molecule has 0 aromatic rings. The average Bonchev–Trinajstić information content (AvgIpc) is 2.79.